The van der Waals surface area contributed by atoms with Crippen LogP contribution in [0.5, 0.6) is 5.75 Å². The third kappa shape index (κ3) is 3.10. The van der Waals surface area contributed by atoms with E-state index in [2.05, 4.69) is 38.6 Å². The van der Waals surface area contributed by atoms with Gasteiger partial charge in [0.2, 0.25) is 5.13 Å². The Morgan fingerprint density at radius 2 is 2.29 bits per heavy atom. The van der Waals surface area contributed by atoms with Gasteiger partial charge >= 0.3 is 0 Å². The SMILES string of the molecule is CCc1nsc(NC2CCN(c3ccccc3OC)C2)n1. The maximum Gasteiger partial charge on any atom is 0.202 e. The summed E-state index contributed by atoms with van der Waals surface area (Å²) in [6.07, 6.45) is 1.98. The molecule has 1 fully saturated rings. The minimum atomic E-state index is 0.410. The molecule has 1 aliphatic heterocycles. The van der Waals surface area contributed by atoms with Gasteiger partial charge in [-0.1, -0.05) is 19.1 Å². The second-order valence-corrected chi connectivity index (χ2v) is 5.87. The van der Waals surface area contributed by atoms with Crippen LogP contribution in [0.15, 0.2) is 24.3 Å². The van der Waals surface area contributed by atoms with Crippen molar-refractivity contribution in [2.45, 2.75) is 25.8 Å². The number of anilines is 2. The molecule has 5 nitrogen and oxygen atoms in total. The van der Waals surface area contributed by atoms with E-state index in [1.54, 1.807) is 7.11 Å². The zero-order valence-electron chi connectivity index (χ0n) is 12.4. The number of hydrogen-bond acceptors (Lipinski definition) is 6. The highest BCUT2D eigenvalue weighted by Crippen LogP contribution is 2.31. The zero-order valence-corrected chi connectivity index (χ0v) is 13.2. The number of nitrogens with one attached hydrogen (secondary N) is 1. The molecular formula is C15H20N4OS. The largest absolute Gasteiger partial charge is 0.495 e. The smallest absolute Gasteiger partial charge is 0.202 e. The van der Waals surface area contributed by atoms with Gasteiger partial charge in [0.15, 0.2) is 0 Å². The summed E-state index contributed by atoms with van der Waals surface area (Å²) in [6.45, 7) is 4.06. The van der Waals surface area contributed by atoms with E-state index in [4.69, 9.17) is 4.74 Å². The lowest BCUT2D eigenvalue weighted by Crippen LogP contribution is -2.26. The summed E-state index contributed by atoms with van der Waals surface area (Å²) in [5, 5.41) is 4.42. The molecule has 0 bridgehead atoms. The van der Waals surface area contributed by atoms with E-state index in [-0.39, 0.29) is 0 Å². The van der Waals surface area contributed by atoms with E-state index in [9.17, 15) is 0 Å². The Labute approximate surface area is 129 Å². The molecule has 0 amide bonds. The van der Waals surface area contributed by atoms with E-state index in [1.807, 2.05) is 12.1 Å². The van der Waals surface area contributed by atoms with Crippen molar-refractivity contribution in [2.24, 2.45) is 0 Å². The number of benzene rings is 1. The fourth-order valence-electron chi connectivity index (χ4n) is 2.62. The number of nitrogens with zero attached hydrogens (tertiary/aromatic N) is 3. The highest BCUT2D eigenvalue weighted by Gasteiger charge is 2.25. The molecule has 1 aliphatic rings. The minimum absolute atomic E-state index is 0.410. The Bertz CT molecular complexity index is 601. The molecule has 1 saturated heterocycles. The first kappa shape index (κ1) is 14.1. The molecule has 0 spiro atoms. The highest BCUT2D eigenvalue weighted by atomic mass is 32.1. The quantitative estimate of drug-likeness (QED) is 0.920. The molecule has 1 N–H and O–H groups in total. The minimum Gasteiger partial charge on any atom is -0.495 e. The third-order valence-corrected chi connectivity index (χ3v) is 4.41. The molecule has 0 aliphatic carbocycles. The fourth-order valence-corrected chi connectivity index (χ4v) is 3.35. The van der Waals surface area contributed by atoms with Gasteiger partial charge in [-0.2, -0.15) is 4.37 Å². The number of para-hydroxylation sites is 2. The molecule has 0 saturated carbocycles. The van der Waals surface area contributed by atoms with Gasteiger partial charge in [-0.05, 0) is 18.6 Å². The summed E-state index contributed by atoms with van der Waals surface area (Å²) in [7, 11) is 1.72. The third-order valence-electron chi connectivity index (χ3n) is 3.73. The average Bonchev–Trinajstić information content (AvgIpc) is 3.17. The monoisotopic (exact) mass is 304 g/mol. The van der Waals surface area contributed by atoms with Crippen LogP contribution in [0.2, 0.25) is 0 Å². The highest BCUT2D eigenvalue weighted by molar-refractivity contribution is 7.09. The van der Waals surface area contributed by atoms with Crippen LogP contribution in [-0.2, 0) is 6.42 Å². The maximum atomic E-state index is 5.45. The van der Waals surface area contributed by atoms with Crippen molar-refractivity contribution in [3.8, 4) is 5.75 Å². The van der Waals surface area contributed by atoms with E-state index in [1.165, 1.54) is 11.5 Å². The molecule has 0 radical (unpaired) electrons. The van der Waals surface area contributed by atoms with Crippen molar-refractivity contribution in [1.29, 1.82) is 0 Å². The fraction of sp³-hybridized carbons (Fsp3) is 0.467. The molecular weight excluding hydrogens is 284 g/mol. The molecule has 21 heavy (non-hydrogen) atoms. The molecule has 3 rings (SSSR count). The van der Waals surface area contributed by atoms with Crippen LogP contribution in [0.1, 0.15) is 19.2 Å². The van der Waals surface area contributed by atoms with Crippen LogP contribution in [0.25, 0.3) is 0 Å². The molecule has 112 valence electrons. The van der Waals surface area contributed by atoms with Crippen LogP contribution in [0.3, 0.4) is 0 Å². The van der Waals surface area contributed by atoms with Crippen LogP contribution >= 0.6 is 11.5 Å². The van der Waals surface area contributed by atoms with E-state index < -0.39 is 0 Å². The van der Waals surface area contributed by atoms with Crippen molar-refractivity contribution in [2.75, 3.05) is 30.4 Å². The first-order chi connectivity index (χ1) is 10.3. The van der Waals surface area contributed by atoms with Gasteiger partial charge in [0, 0.05) is 37.1 Å². The average molecular weight is 304 g/mol. The summed E-state index contributed by atoms with van der Waals surface area (Å²) in [6, 6.07) is 8.58. The summed E-state index contributed by atoms with van der Waals surface area (Å²) in [5.41, 5.74) is 1.16. The second-order valence-electron chi connectivity index (χ2n) is 5.12. The molecule has 1 aromatic heterocycles. The standard InChI is InChI=1S/C15H20N4OS/c1-3-14-17-15(21-18-14)16-11-8-9-19(10-11)12-6-4-5-7-13(12)20-2/h4-7,11H,3,8-10H2,1-2H3,(H,16,17,18). The number of ether oxygens (including phenoxy) is 1. The predicted octanol–water partition coefficient (Wildman–Crippen LogP) is 2.80. The molecule has 1 aromatic carbocycles. The summed E-state index contributed by atoms with van der Waals surface area (Å²) in [4.78, 5) is 6.84. The molecule has 2 heterocycles. The van der Waals surface area contributed by atoms with Crippen molar-refractivity contribution < 1.29 is 4.74 Å². The summed E-state index contributed by atoms with van der Waals surface area (Å²) < 4.78 is 9.76. The van der Waals surface area contributed by atoms with Gasteiger partial charge < -0.3 is 15.0 Å². The maximum absolute atomic E-state index is 5.45. The Morgan fingerprint density at radius 3 is 3.05 bits per heavy atom. The lowest BCUT2D eigenvalue weighted by molar-refractivity contribution is 0.415. The molecule has 1 atom stereocenters. The van der Waals surface area contributed by atoms with Crippen LogP contribution in [0, 0.1) is 0 Å². The number of methoxy groups -OCH3 is 1. The topological polar surface area (TPSA) is 50.3 Å². The van der Waals surface area contributed by atoms with Crippen molar-refractivity contribution in [1.82, 2.24) is 9.36 Å². The van der Waals surface area contributed by atoms with Crippen molar-refractivity contribution in [3.05, 3.63) is 30.1 Å². The van der Waals surface area contributed by atoms with Crippen molar-refractivity contribution in [3.63, 3.8) is 0 Å². The van der Waals surface area contributed by atoms with Crippen LogP contribution in [0.4, 0.5) is 10.8 Å². The number of aromatic nitrogens is 2. The summed E-state index contributed by atoms with van der Waals surface area (Å²) >= 11 is 1.45. The van der Waals surface area contributed by atoms with Crippen LogP contribution < -0.4 is 15.0 Å². The lowest BCUT2D eigenvalue weighted by Gasteiger charge is -2.21. The summed E-state index contributed by atoms with van der Waals surface area (Å²) in [5.74, 6) is 1.85. The first-order valence-corrected chi connectivity index (χ1v) is 8.04. The second kappa shape index (κ2) is 6.30. The first-order valence-electron chi connectivity index (χ1n) is 7.27. The van der Waals surface area contributed by atoms with Gasteiger partial charge in [-0.15, -0.1) is 0 Å². The number of aryl methyl sites for hydroxylation is 1. The molecule has 2 aromatic rings. The van der Waals surface area contributed by atoms with E-state index >= 15 is 0 Å². The Morgan fingerprint density at radius 1 is 1.43 bits per heavy atom. The lowest BCUT2D eigenvalue weighted by atomic mass is 10.2. The normalized spacial score (nSPS) is 18.0. The van der Waals surface area contributed by atoms with Crippen LogP contribution in [-0.4, -0.2) is 35.6 Å². The number of rotatable bonds is 5. The zero-order chi connectivity index (χ0) is 14.7. The van der Waals surface area contributed by atoms with Gasteiger partial charge in [0.1, 0.15) is 11.6 Å². The van der Waals surface area contributed by atoms with E-state index in [0.717, 1.165) is 48.3 Å². The Balaban J connectivity index is 1.65. The Kier molecular flexibility index (Phi) is 4.24. The van der Waals surface area contributed by atoms with E-state index in [0.29, 0.717) is 6.04 Å². The van der Waals surface area contributed by atoms with Gasteiger partial charge in [-0.25, -0.2) is 4.98 Å². The van der Waals surface area contributed by atoms with Gasteiger partial charge in [0.05, 0.1) is 12.8 Å². The molecule has 1 unspecified atom stereocenters. The molecule has 6 heteroatoms. The Hall–Kier alpha value is -1.82. The predicted molar refractivity (Wildman–Crippen MR) is 86.5 cm³/mol. The van der Waals surface area contributed by atoms with Crippen molar-refractivity contribution >= 4 is 22.4 Å². The van der Waals surface area contributed by atoms with Gasteiger partial charge in [-0.3, -0.25) is 0 Å². The van der Waals surface area contributed by atoms with Gasteiger partial charge in [0.25, 0.3) is 0 Å². The number of hydrogen-bond donors (Lipinski definition) is 1.